The molecule has 2 atom stereocenters. The van der Waals surface area contributed by atoms with Crippen molar-refractivity contribution in [3.05, 3.63) is 28.2 Å². The largest absolute Gasteiger partial charge is 0.343 e. The Morgan fingerprint density at radius 3 is 2.52 bits per heavy atom. The Labute approximate surface area is 134 Å². The maximum Gasteiger partial charge on any atom is 0.228 e. The number of amides is 2. The van der Waals surface area contributed by atoms with Crippen LogP contribution in [0, 0.1) is 18.8 Å². The summed E-state index contributed by atoms with van der Waals surface area (Å²) in [6.07, 6.45) is 0.663. The average molecular weight is 353 g/mol. The molecule has 1 N–H and O–H groups in total. The minimum atomic E-state index is -0.179. The summed E-state index contributed by atoms with van der Waals surface area (Å²) in [4.78, 5) is 26.2. The predicted molar refractivity (Wildman–Crippen MR) is 87.0 cm³/mol. The Kier molecular flexibility index (Phi) is 5.04. The molecule has 1 fully saturated rings. The van der Waals surface area contributed by atoms with E-state index in [0.29, 0.717) is 19.5 Å². The van der Waals surface area contributed by atoms with Crippen molar-refractivity contribution < 1.29 is 9.59 Å². The van der Waals surface area contributed by atoms with Crippen molar-refractivity contribution in [2.75, 3.05) is 18.4 Å². The summed E-state index contributed by atoms with van der Waals surface area (Å²) >= 11 is 3.40. The van der Waals surface area contributed by atoms with Crippen LogP contribution < -0.4 is 5.32 Å². The third kappa shape index (κ3) is 3.64. The van der Waals surface area contributed by atoms with Gasteiger partial charge in [-0.2, -0.15) is 0 Å². The molecule has 5 heteroatoms. The van der Waals surface area contributed by atoms with Gasteiger partial charge in [0.1, 0.15) is 0 Å². The fraction of sp³-hybridized carbons (Fsp3) is 0.500. The van der Waals surface area contributed by atoms with Gasteiger partial charge >= 0.3 is 0 Å². The number of carbonyl (C=O) groups is 2. The molecule has 1 aromatic carbocycles. The van der Waals surface area contributed by atoms with Crippen LogP contribution in [0.4, 0.5) is 5.69 Å². The van der Waals surface area contributed by atoms with Crippen LogP contribution in [0.15, 0.2) is 22.7 Å². The van der Waals surface area contributed by atoms with Crippen LogP contribution in [0.1, 0.15) is 25.8 Å². The van der Waals surface area contributed by atoms with E-state index in [1.807, 2.05) is 39.0 Å². The third-order valence-electron chi connectivity index (χ3n) is 3.97. The van der Waals surface area contributed by atoms with Gasteiger partial charge in [0, 0.05) is 23.2 Å². The highest BCUT2D eigenvalue weighted by Gasteiger charge is 2.49. The fourth-order valence-corrected chi connectivity index (χ4v) is 3.00. The minimum Gasteiger partial charge on any atom is -0.343 e. The SMILES string of the molecule is CCN(CC)C(=O)C1CC1C(=O)Nc1ccc(Br)cc1C. The van der Waals surface area contributed by atoms with E-state index >= 15 is 0 Å². The van der Waals surface area contributed by atoms with Crippen LogP contribution in [0.5, 0.6) is 0 Å². The molecular formula is C16H21BrN2O2. The van der Waals surface area contributed by atoms with Crippen LogP contribution in [0.25, 0.3) is 0 Å². The van der Waals surface area contributed by atoms with E-state index in [-0.39, 0.29) is 23.7 Å². The lowest BCUT2D eigenvalue weighted by molar-refractivity contribution is -0.133. The molecule has 2 unspecified atom stereocenters. The Hall–Kier alpha value is -1.36. The van der Waals surface area contributed by atoms with Gasteiger partial charge in [0.05, 0.1) is 11.8 Å². The number of nitrogens with zero attached hydrogens (tertiary/aromatic N) is 1. The number of aryl methyl sites for hydroxylation is 1. The third-order valence-corrected chi connectivity index (χ3v) is 4.46. The molecule has 2 rings (SSSR count). The van der Waals surface area contributed by atoms with Crippen molar-refractivity contribution in [3.8, 4) is 0 Å². The van der Waals surface area contributed by atoms with Crippen LogP contribution in [0.2, 0.25) is 0 Å². The zero-order valence-corrected chi connectivity index (χ0v) is 14.2. The minimum absolute atomic E-state index is 0.0501. The summed E-state index contributed by atoms with van der Waals surface area (Å²) < 4.78 is 0.985. The van der Waals surface area contributed by atoms with E-state index in [4.69, 9.17) is 0 Å². The summed E-state index contributed by atoms with van der Waals surface area (Å²) in [7, 11) is 0. The molecule has 1 aliphatic rings. The second-order valence-corrected chi connectivity index (χ2v) is 6.32. The molecule has 0 bridgehead atoms. The van der Waals surface area contributed by atoms with Gasteiger partial charge < -0.3 is 10.2 Å². The predicted octanol–water partition coefficient (Wildman–Crippen LogP) is 3.20. The van der Waals surface area contributed by atoms with E-state index in [1.54, 1.807) is 4.90 Å². The number of rotatable bonds is 5. The van der Waals surface area contributed by atoms with Crippen molar-refractivity contribution in [1.29, 1.82) is 0 Å². The molecule has 1 saturated carbocycles. The first-order valence-corrected chi connectivity index (χ1v) is 8.13. The van der Waals surface area contributed by atoms with Crippen LogP contribution >= 0.6 is 15.9 Å². The first-order valence-electron chi connectivity index (χ1n) is 7.33. The summed E-state index contributed by atoms with van der Waals surface area (Å²) in [6, 6.07) is 5.73. The highest BCUT2D eigenvalue weighted by Crippen LogP contribution is 2.41. The van der Waals surface area contributed by atoms with Gasteiger partial charge in [0.2, 0.25) is 11.8 Å². The average Bonchev–Trinajstić information content (AvgIpc) is 3.23. The summed E-state index contributed by atoms with van der Waals surface area (Å²) in [5.41, 5.74) is 1.81. The maximum atomic E-state index is 12.2. The molecule has 0 heterocycles. The van der Waals surface area contributed by atoms with Crippen molar-refractivity contribution in [3.63, 3.8) is 0 Å². The molecule has 1 aliphatic carbocycles. The summed E-state index contributed by atoms with van der Waals surface area (Å²) in [5, 5.41) is 2.93. The quantitative estimate of drug-likeness (QED) is 0.884. The number of nitrogens with one attached hydrogen (secondary N) is 1. The number of hydrogen-bond donors (Lipinski definition) is 1. The molecule has 0 spiro atoms. The number of carbonyl (C=O) groups excluding carboxylic acids is 2. The standard InChI is InChI=1S/C16H21BrN2O2/c1-4-19(5-2)16(21)13-9-12(13)15(20)18-14-7-6-11(17)8-10(14)3/h6-8,12-13H,4-5,9H2,1-3H3,(H,18,20). The second kappa shape index (κ2) is 6.60. The topological polar surface area (TPSA) is 49.4 Å². The lowest BCUT2D eigenvalue weighted by Gasteiger charge is -2.18. The zero-order chi connectivity index (χ0) is 15.6. The van der Waals surface area contributed by atoms with E-state index < -0.39 is 0 Å². The van der Waals surface area contributed by atoms with Crippen molar-refractivity contribution in [2.24, 2.45) is 11.8 Å². The van der Waals surface area contributed by atoms with E-state index in [0.717, 1.165) is 15.7 Å². The normalized spacial score (nSPS) is 20.0. The molecule has 1 aromatic rings. The molecule has 0 aromatic heterocycles. The van der Waals surface area contributed by atoms with Gasteiger partial charge in [0.15, 0.2) is 0 Å². The summed E-state index contributed by atoms with van der Waals surface area (Å²) in [5.74, 6) is -0.264. The van der Waals surface area contributed by atoms with E-state index in [2.05, 4.69) is 21.2 Å². The van der Waals surface area contributed by atoms with Crippen molar-refractivity contribution in [1.82, 2.24) is 4.90 Å². The fourth-order valence-electron chi connectivity index (χ4n) is 2.52. The Bertz CT molecular complexity index is 555. The summed E-state index contributed by atoms with van der Waals surface area (Å²) in [6.45, 7) is 7.28. The lowest BCUT2D eigenvalue weighted by Crippen LogP contribution is -2.33. The van der Waals surface area contributed by atoms with Crippen molar-refractivity contribution in [2.45, 2.75) is 27.2 Å². The van der Waals surface area contributed by atoms with Gasteiger partial charge in [0.25, 0.3) is 0 Å². The number of benzene rings is 1. The molecule has 0 saturated heterocycles. The van der Waals surface area contributed by atoms with Crippen LogP contribution in [-0.2, 0) is 9.59 Å². The molecular weight excluding hydrogens is 332 g/mol. The van der Waals surface area contributed by atoms with Gasteiger partial charge in [-0.15, -0.1) is 0 Å². The van der Waals surface area contributed by atoms with Gasteiger partial charge in [-0.3, -0.25) is 9.59 Å². The smallest absolute Gasteiger partial charge is 0.228 e. The van der Waals surface area contributed by atoms with Crippen LogP contribution in [0.3, 0.4) is 0 Å². The highest BCUT2D eigenvalue weighted by atomic mass is 79.9. The Balaban J connectivity index is 1.96. The van der Waals surface area contributed by atoms with Crippen LogP contribution in [-0.4, -0.2) is 29.8 Å². The van der Waals surface area contributed by atoms with Gasteiger partial charge in [-0.25, -0.2) is 0 Å². The Morgan fingerprint density at radius 1 is 1.29 bits per heavy atom. The second-order valence-electron chi connectivity index (χ2n) is 5.41. The number of hydrogen-bond acceptors (Lipinski definition) is 2. The Morgan fingerprint density at radius 2 is 1.95 bits per heavy atom. The van der Waals surface area contributed by atoms with Gasteiger partial charge in [-0.05, 0) is 51.0 Å². The number of anilines is 1. The molecule has 0 radical (unpaired) electrons. The molecule has 0 aliphatic heterocycles. The molecule has 2 amide bonds. The molecule has 114 valence electrons. The monoisotopic (exact) mass is 352 g/mol. The lowest BCUT2D eigenvalue weighted by atomic mass is 10.2. The van der Waals surface area contributed by atoms with E-state index in [1.165, 1.54) is 0 Å². The van der Waals surface area contributed by atoms with E-state index in [9.17, 15) is 9.59 Å². The highest BCUT2D eigenvalue weighted by molar-refractivity contribution is 9.10. The van der Waals surface area contributed by atoms with Gasteiger partial charge in [-0.1, -0.05) is 15.9 Å². The zero-order valence-electron chi connectivity index (χ0n) is 12.6. The molecule has 21 heavy (non-hydrogen) atoms. The first-order chi connectivity index (χ1) is 9.97. The number of halogens is 1. The molecule has 4 nitrogen and oxygen atoms in total. The maximum absolute atomic E-state index is 12.2. The van der Waals surface area contributed by atoms with Crippen molar-refractivity contribution >= 4 is 33.4 Å². The first kappa shape index (κ1) is 16.0.